The summed E-state index contributed by atoms with van der Waals surface area (Å²) in [5, 5.41) is 0. The van der Waals surface area contributed by atoms with Crippen molar-refractivity contribution in [2.45, 2.75) is 52.9 Å². The van der Waals surface area contributed by atoms with Gasteiger partial charge in [0.15, 0.2) is 0 Å². The lowest BCUT2D eigenvalue weighted by Crippen LogP contribution is -2.00. The standard InChI is InChI=1S/C14H20/c1-4-6-8-10-14(12-13(14)3)11-9-7-5-2/h13H,4-5,10-12H2,1-3H3. The first-order valence-electron chi connectivity index (χ1n) is 5.66. The van der Waals surface area contributed by atoms with Gasteiger partial charge in [0.2, 0.25) is 0 Å². The molecule has 0 aliphatic heterocycles. The van der Waals surface area contributed by atoms with Crippen LogP contribution in [0.2, 0.25) is 0 Å². The average molecular weight is 188 g/mol. The van der Waals surface area contributed by atoms with Crippen molar-refractivity contribution in [1.29, 1.82) is 0 Å². The molecule has 0 aromatic carbocycles. The maximum atomic E-state index is 3.28. The van der Waals surface area contributed by atoms with Crippen LogP contribution < -0.4 is 0 Å². The Morgan fingerprint density at radius 1 is 1.00 bits per heavy atom. The van der Waals surface area contributed by atoms with Crippen LogP contribution in [-0.2, 0) is 0 Å². The van der Waals surface area contributed by atoms with Gasteiger partial charge in [-0.25, -0.2) is 0 Å². The van der Waals surface area contributed by atoms with E-state index in [0.29, 0.717) is 5.41 Å². The summed E-state index contributed by atoms with van der Waals surface area (Å²) in [6.45, 7) is 6.53. The van der Waals surface area contributed by atoms with Gasteiger partial charge in [0.05, 0.1) is 0 Å². The van der Waals surface area contributed by atoms with Crippen LogP contribution in [0, 0.1) is 35.0 Å². The summed E-state index contributed by atoms with van der Waals surface area (Å²) in [6, 6.07) is 0. The molecule has 76 valence electrons. The van der Waals surface area contributed by atoms with Crippen LogP contribution in [-0.4, -0.2) is 0 Å². The average Bonchev–Trinajstić information content (AvgIpc) is 2.78. The lowest BCUT2D eigenvalue weighted by molar-refractivity contribution is 0.495. The van der Waals surface area contributed by atoms with Gasteiger partial charge in [0.25, 0.3) is 0 Å². The summed E-state index contributed by atoms with van der Waals surface area (Å²) in [7, 11) is 0. The fraction of sp³-hybridized carbons (Fsp3) is 0.714. The Kier molecular flexibility index (Phi) is 4.09. The predicted octanol–water partition coefficient (Wildman–Crippen LogP) is 3.62. The number of rotatable bonds is 2. The molecule has 1 unspecified atom stereocenters. The summed E-state index contributed by atoms with van der Waals surface area (Å²) in [4.78, 5) is 0. The highest BCUT2D eigenvalue weighted by atomic mass is 14.5. The number of hydrogen-bond donors (Lipinski definition) is 0. The second-order valence-corrected chi connectivity index (χ2v) is 4.24. The molecule has 0 amide bonds. The van der Waals surface area contributed by atoms with Crippen LogP contribution in [0.3, 0.4) is 0 Å². The maximum absolute atomic E-state index is 3.28. The molecule has 1 rings (SSSR count). The van der Waals surface area contributed by atoms with Crippen molar-refractivity contribution in [3.8, 4) is 23.7 Å². The van der Waals surface area contributed by atoms with E-state index < -0.39 is 0 Å². The zero-order chi connectivity index (χ0) is 10.4. The van der Waals surface area contributed by atoms with E-state index in [0.717, 1.165) is 31.6 Å². The predicted molar refractivity (Wildman–Crippen MR) is 61.6 cm³/mol. The van der Waals surface area contributed by atoms with Gasteiger partial charge in [-0.15, -0.1) is 23.7 Å². The van der Waals surface area contributed by atoms with Crippen LogP contribution in [0.25, 0.3) is 0 Å². The third-order valence-electron chi connectivity index (χ3n) is 3.08. The molecule has 0 bridgehead atoms. The van der Waals surface area contributed by atoms with Gasteiger partial charge in [-0.1, -0.05) is 20.8 Å². The third-order valence-corrected chi connectivity index (χ3v) is 3.08. The van der Waals surface area contributed by atoms with Crippen molar-refractivity contribution < 1.29 is 0 Å². The molecule has 0 spiro atoms. The Bertz CT molecular complexity index is 265. The summed E-state index contributed by atoms with van der Waals surface area (Å²) in [6.07, 6.45) is 5.39. The largest absolute Gasteiger partial charge is 0.104 e. The van der Waals surface area contributed by atoms with E-state index in [2.05, 4.69) is 44.5 Å². The van der Waals surface area contributed by atoms with Crippen LogP contribution in [0.15, 0.2) is 0 Å². The van der Waals surface area contributed by atoms with Crippen molar-refractivity contribution in [3.63, 3.8) is 0 Å². The van der Waals surface area contributed by atoms with Gasteiger partial charge in [-0.3, -0.25) is 0 Å². The highest BCUT2D eigenvalue weighted by molar-refractivity contribution is 5.15. The van der Waals surface area contributed by atoms with Crippen LogP contribution >= 0.6 is 0 Å². The van der Waals surface area contributed by atoms with E-state index in [9.17, 15) is 0 Å². The van der Waals surface area contributed by atoms with Gasteiger partial charge in [0, 0.05) is 25.7 Å². The Hall–Kier alpha value is -0.880. The first kappa shape index (κ1) is 11.2. The van der Waals surface area contributed by atoms with Crippen LogP contribution in [0.5, 0.6) is 0 Å². The Balaban J connectivity index is 2.43. The summed E-state index contributed by atoms with van der Waals surface area (Å²) < 4.78 is 0. The lowest BCUT2D eigenvalue weighted by Gasteiger charge is -2.07. The van der Waals surface area contributed by atoms with Crippen molar-refractivity contribution in [2.24, 2.45) is 11.3 Å². The van der Waals surface area contributed by atoms with E-state index in [4.69, 9.17) is 0 Å². The van der Waals surface area contributed by atoms with Crippen LogP contribution in [0.1, 0.15) is 52.9 Å². The zero-order valence-corrected chi connectivity index (χ0v) is 9.61. The first-order chi connectivity index (χ1) is 6.75. The molecule has 0 aromatic heterocycles. The van der Waals surface area contributed by atoms with E-state index >= 15 is 0 Å². The van der Waals surface area contributed by atoms with E-state index in [1.807, 2.05) is 0 Å². The van der Waals surface area contributed by atoms with E-state index in [1.165, 1.54) is 6.42 Å². The molecule has 0 nitrogen and oxygen atoms in total. The molecular formula is C14H20. The minimum atomic E-state index is 0.463. The molecule has 0 radical (unpaired) electrons. The SMILES string of the molecule is CCC#CCC1(CC#CCC)CC1C. The normalized spacial score (nSPS) is 21.5. The van der Waals surface area contributed by atoms with Crippen molar-refractivity contribution in [2.75, 3.05) is 0 Å². The molecule has 1 aliphatic carbocycles. The maximum Gasteiger partial charge on any atom is 0.0157 e. The summed E-state index contributed by atoms with van der Waals surface area (Å²) >= 11 is 0. The first-order valence-corrected chi connectivity index (χ1v) is 5.66. The molecule has 1 saturated carbocycles. The van der Waals surface area contributed by atoms with Crippen molar-refractivity contribution in [3.05, 3.63) is 0 Å². The minimum absolute atomic E-state index is 0.463. The lowest BCUT2D eigenvalue weighted by atomic mass is 9.96. The van der Waals surface area contributed by atoms with Crippen molar-refractivity contribution in [1.82, 2.24) is 0 Å². The van der Waals surface area contributed by atoms with Gasteiger partial charge in [-0.2, -0.15) is 0 Å². The second kappa shape index (κ2) is 5.11. The Morgan fingerprint density at radius 2 is 1.43 bits per heavy atom. The molecule has 0 aromatic rings. The molecule has 1 fully saturated rings. The molecule has 1 atom stereocenters. The monoisotopic (exact) mass is 188 g/mol. The van der Waals surface area contributed by atoms with Gasteiger partial charge >= 0.3 is 0 Å². The van der Waals surface area contributed by atoms with Crippen molar-refractivity contribution >= 4 is 0 Å². The fourth-order valence-corrected chi connectivity index (χ4v) is 1.83. The number of hydrogen-bond acceptors (Lipinski definition) is 0. The van der Waals surface area contributed by atoms with Gasteiger partial charge in [0.1, 0.15) is 0 Å². The third kappa shape index (κ3) is 2.81. The van der Waals surface area contributed by atoms with Crippen LogP contribution in [0.4, 0.5) is 0 Å². The summed E-state index contributed by atoms with van der Waals surface area (Å²) in [5.74, 6) is 13.7. The molecule has 0 heteroatoms. The second-order valence-electron chi connectivity index (χ2n) is 4.24. The van der Waals surface area contributed by atoms with Gasteiger partial charge in [-0.05, 0) is 17.8 Å². The molecule has 0 heterocycles. The highest BCUT2D eigenvalue weighted by Crippen LogP contribution is 2.57. The fourth-order valence-electron chi connectivity index (χ4n) is 1.83. The quantitative estimate of drug-likeness (QED) is 0.581. The highest BCUT2D eigenvalue weighted by Gasteiger charge is 2.49. The van der Waals surface area contributed by atoms with E-state index in [-0.39, 0.29) is 0 Å². The van der Waals surface area contributed by atoms with Gasteiger partial charge < -0.3 is 0 Å². The Morgan fingerprint density at radius 3 is 1.71 bits per heavy atom. The molecule has 0 N–H and O–H groups in total. The molecule has 1 aliphatic rings. The van der Waals surface area contributed by atoms with E-state index in [1.54, 1.807) is 0 Å². The minimum Gasteiger partial charge on any atom is -0.104 e. The molecule has 14 heavy (non-hydrogen) atoms. The molecule has 0 saturated heterocycles. The molecular weight excluding hydrogens is 168 g/mol. The zero-order valence-electron chi connectivity index (χ0n) is 9.61. The smallest absolute Gasteiger partial charge is 0.0157 e. The Labute approximate surface area is 88.5 Å². The topological polar surface area (TPSA) is 0 Å². The summed E-state index contributed by atoms with van der Waals surface area (Å²) in [5.41, 5.74) is 0.463.